The number of methoxy groups -OCH3 is 1. The maximum atomic E-state index is 11.3. The van der Waals surface area contributed by atoms with Gasteiger partial charge in [0.25, 0.3) is 0 Å². The summed E-state index contributed by atoms with van der Waals surface area (Å²) >= 11 is 0. The van der Waals surface area contributed by atoms with Crippen molar-refractivity contribution in [3.63, 3.8) is 0 Å². The molecule has 0 unspecified atom stereocenters. The second-order valence-corrected chi connectivity index (χ2v) is 5.09. The van der Waals surface area contributed by atoms with E-state index in [2.05, 4.69) is 4.74 Å². The number of benzene rings is 1. The van der Waals surface area contributed by atoms with Crippen LogP contribution in [0.5, 0.6) is 0 Å². The lowest BCUT2D eigenvalue weighted by Crippen LogP contribution is -2.32. The monoisotopic (exact) mass is 278 g/mol. The predicted molar refractivity (Wildman–Crippen MR) is 75.2 cm³/mol. The first-order valence-electron chi connectivity index (χ1n) is 7.12. The molecule has 0 spiro atoms. The van der Waals surface area contributed by atoms with E-state index < -0.39 is 0 Å². The molecule has 0 saturated carbocycles. The molecule has 0 bridgehead atoms. The van der Waals surface area contributed by atoms with Gasteiger partial charge in [-0.15, -0.1) is 0 Å². The third-order valence-corrected chi connectivity index (χ3v) is 3.47. The van der Waals surface area contributed by atoms with Crippen molar-refractivity contribution >= 4 is 5.97 Å². The molecule has 2 atom stereocenters. The molecule has 0 N–H and O–H groups in total. The van der Waals surface area contributed by atoms with Crippen molar-refractivity contribution in [3.8, 4) is 0 Å². The van der Waals surface area contributed by atoms with Crippen molar-refractivity contribution in [1.82, 2.24) is 0 Å². The SMILES string of the molecule is COC(=O)C[C@H]1CCC[C@@H](COCc2ccccc2)O1. The maximum absolute atomic E-state index is 11.3. The summed E-state index contributed by atoms with van der Waals surface area (Å²) in [5.41, 5.74) is 1.16. The molecule has 1 fully saturated rings. The molecule has 4 heteroatoms. The van der Waals surface area contributed by atoms with Crippen molar-refractivity contribution < 1.29 is 19.0 Å². The minimum absolute atomic E-state index is 0.0264. The largest absolute Gasteiger partial charge is 0.469 e. The van der Waals surface area contributed by atoms with Crippen molar-refractivity contribution in [3.05, 3.63) is 35.9 Å². The van der Waals surface area contributed by atoms with Gasteiger partial charge in [-0.2, -0.15) is 0 Å². The quantitative estimate of drug-likeness (QED) is 0.751. The van der Waals surface area contributed by atoms with Crippen LogP contribution in [-0.2, 0) is 25.6 Å². The Kier molecular flexibility index (Phi) is 6.02. The van der Waals surface area contributed by atoms with Crippen LogP contribution in [0.2, 0.25) is 0 Å². The number of hydrogen-bond donors (Lipinski definition) is 0. The van der Waals surface area contributed by atoms with E-state index in [0.29, 0.717) is 19.6 Å². The Labute approximate surface area is 120 Å². The van der Waals surface area contributed by atoms with Gasteiger partial charge in [0.05, 0.1) is 39.0 Å². The number of carbonyl (C=O) groups excluding carboxylic acids is 1. The fourth-order valence-corrected chi connectivity index (χ4v) is 2.41. The zero-order chi connectivity index (χ0) is 14.2. The van der Waals surface area contributed by atoms with Gasteiger partial charge in [-0.25, -0.2) is 0 Å². The molecule has 1 aromatic carbocycles. The molecule has 0 amide bonds. The van der Waals surface area contributed by atoms with Gasteiger partial charge in [-0.3, -0.25) is 4.79 Å². The lowest BCUT2D eigenvalue weighted by atomic mass is 10.0. The van der Waals surface area contributed by atoms with Gasteiger partial charge in [0, 0.05) is 0 Å². The van der Waals surface area contributed by atoms with Crippen LogP contribution in [0.1, 0.15) is 31.2 Å². The zero-order valence-corrected chi connectivity index (χ0v) is 11.9. The van der Waals surface area contributed by atoms with Crippen LogP contribution in [0.25, 0.3) is 0 Å². The average molecular weight is 278 g/mol. The summed E-state index contributed by atoms with van der Waals surface area (Å²) < 4.78 is 16.2. The molecule has 110 valence electrons. The molecule has 1 aromatic rings. The van der Waals surface area contributed by atoms with Crippen LogP contribution >= 0.6 is 0 Å². The van der Waals surface area contributed by atoms with Gasteiger partial charge in [0.2, 0.25) is 0 Å². The maximum Gasteiger partial charge on any atom is 0.308 e. The fraction of sp³-hybridized carbons (Fsp3) is 0.562. The highest BCUT2D eigenvalue weighted by molar-refractivity contribution is 5.69. The Morgan fingerprint density at radius 2 is 2.00 bits per heavy atom. The van der Waals surface area contributed by atoms with Crippen LogP contribution in [0.3, 0.4) is 0 Å². The molecule has 4 nitrogen and oxygen atoms in total. The lowest BCUT2D eigenvalue weighted by molar-refractivity contribution is -0.148. The van der Waals surface area contributed by atoms with E-state index in [1.165, 1.54) is 7.11 Å². The standard InChI is InChI=1S/C16H22O4/c1-18-16(17)10-14-8-5-9-15(20-14)12-19-11-13-6-3-2-4-7-13/h2-4,6-7,14-15H,5,8-12H2,1H3/t14-,15+/m1/s1. The first-order chi connectivity index (χ1) is 9.78. The summed E-state index contributed by atoms with van der Waals surface area (Å²) in [6.07, 6.45) is 3.38. The molecule has 1 saturated heterocycles. The highest BCUT2D eigenvalue weighted by atomic mass is 16.5. The van der Waals surface area contributed by atoms with E-state index >= 15 is 0 Å². The highest BCUT2D eigenvalue weighted by Gasteiger charge is 2.24. The van der Waals surface area contributed by atoms with Gasteiger partial charge in [0.15, 0.2) is 0 Å². The predicted octanol–water partition coefficient (Wildman–Crippen LogP) is 2.70. The second kappa shape index (κ2) is 8.02. The summed E-state index contributed by atoms with van der Waals surface area (Å²) in [7, 11) is 1.41. The van der Waals surface area contributed by atoms with E-state index in [1.807, 2.05) is 30.3 Å². The number of carbonyl (C=O) groups is 1. The van der Waals surface area contributed by atoms with Gasteiger partial charge in [0.1, 0.15) is 0 Å². The Morgan fingerprint density at radius 3 is 2.75 bits per heavy atom. The molecule has 1 heterocycles. The van der Waals surface area contributed by atoms with Crippen LogP contribution in [0, 0.1) is 0 Å². The molecule has 0 aliphatic carbocycles. The molecule has 20 heavy (non-hydrogen) atoms. The third kappa shape index (κ3) is 4.94. The smallest absolute Gasteiger partial charge is 0.308 e. The van der Waals surface area contributed by atoms with Gasteiger partial charge in [-0.05, 0) is 24.8 Å². The normalized spacial score (nSPS) is 22.4. The fourth-order valence-electron chi connectivity index (χ4n) is 2.41. The second-order valence-electron chi connectivity index (χ2n) is 5.09. The molecule has 1 aliphatic heterocycles. The Balaban J connectivity index is 1.69. The summed E-state index contributed by atoms with van der Waals surface area (Å²) in [6, 6.07) is 10.1. The zero-order valence-electron chi connectivity index (χ0n) is 11.9. The summed E-state index contributed by atoms with van der Waals surface area (Å²) in [4.78, 5) is 11.3. The minimum atomic E-state index is -0.208. The first kappa shape index (κ1) is 15.0. The number of rotatable bonds is 6. The number of esters is 1. The van der Waals surface area contributed by atoms with Crippen molar-refractivity contribution in [1.29, 1.82) is 0 Å². The average Bonchev–Trinajstić information content (AvgIpc) is 2.48. The van der Waals surface area contributed by atoms with Gasteiger partial charge >= 0.3 is 5.97 Å². The summed E-state index contributed by atoms with van der Waals surface area (Å²) in [5, 5.41) is 0. The summed E-state index contributed by atoms with van der Waals surface area (Å²) in [6.45, 7) is 1.18. The van der Waals surface area contributed by atoms with Gasteiger partial charge in [-0.1, -0.05) is 30.3 Å². The number of hydrogen-bond acceptors (Lipinski definition) is 4. The Morgan fingerprint density at radius 1 is 1.25 bits per heavy atom. The Bertz CT molecular complexity index is 404. The van der Waals surface area contributed by atoms with Crippen molar-refractivity contribution in [2.24, 2.45) is 0 Å². The molecule has 0 radical (unpaired) electrons. The van der Waals surface area contributed by atoms with Gasteiger partial charge < -0.3 is 14.2 Å². The van der Waals surface area contributed by atoms with Crippen LogP contribution < -0.4 is 0 Å². The molecule has 1 aliphatic rings. The molecular weight excluding hydrogens is 256 g/mol. The number of ether oxygens (including phenoxy) is 3. The highest BCUT2D eigenvalue weighted by Crippen LogP contribution is 2.22. The minimum Gasteiger partial charge on any atom is -0.469 e. The summed E-state index contributed by atoms with van der Waals surface area (Å²) in [5.74, 6) is -0.208. The van der Waals surface area contributed by atoms with E-state index in [1.54, 1.807) is 0 Å². The van der Waals surface area contributed by atoms with Crippen LogP contribution in [0.4, 0.5) is 0 Å². The molecular formula is C16H22O4. The van der Waals surface area contributed by atoms with E-state index in [0.717, 1.165) is 24.8 Å². The Hall–Kier alpha value is -1.39. The van der Waals surface area contributed by atoms with Crippen LogP contribution in [-0.4, -0.2) is 31.9 Å². The topological polar surface area (TPSA) is 44.8 Å². The lowest BCUT2D eigenvalue weighted by Gasteiger charge is -2.29. The third-order valence-electron chi connectivity index (χ3n) is 3.47. The first-order valence-corrected chi connectivity index (χ1v) is 7.12. The van der Waals surface area contributed by atoms with E-state index in [9.17, 15) is 4.79 Å². The van der Waals surface area contributed by atoms with Crippen molar-refractivity contribution in [2.75, 3.05) is 13.7 Å². The van der Waals surface area contributed by atoms with E-state index in [-0.39, 0.29) is 18.2 Å². The van der Waals surface area contributed by atoms with Crippen molar-refractivity contribution in [2.45, 2.75) is 44.5 Å². The van der Waals surface area contributed by atoms with Crippen LogP contribution in [0.15, 0.2) is 30.3 Å². The molecule has 2 rings (SSSR count). The molecule has 0 aromatic heterocycles. The van der Waals surface area contributed by atoms with E-state index in [4.69, 9.17) is 9.47 Å².